The van der Waals surface area contributed by atoms with Crippen molar-refractivity contribution in [1.29, 1.82) is 0 Å². The number of aryl methyl sites for hydroxylation is 2. The van der Waals surface area contributed by atoms with Gasteiger partial charge in [-0.1, -0.05) is 12.1 Å². The third-order valence-corrected chi connectivity index (χ3v) is 3.12. The van der Waals surface area contributed by atoms with E-state index in [4.69, 9.17) is 9.52 Å². The molecule has 0 unspecified atom stereocenters. The molecule has 108 valence electrons. The van der Waals surface area contributed by atoms with Gasteiger partial charge in [0.25, 0.3) is 0 Å². The lowest BCUT2D eigenvalue weighted by molar-refractivity contribution is -0.137. The zero-order chi connectivity index (χ0) is 14.8. The van der Waals surface area contributed by atoms with Gasteiger partial charge in [-0.3, -0.25) is 0 Å². The van der Waals surface area contributed by atoms with E-state index in [0.717, 1.165) is 23.5 Å². The Labute approximate surface area is 114 Å². The van der Waals surface area contributed by atoms with E-state index in [1.54, 1.807) is 6.92 Å². The van der Waals surface area contributed by atoms with Crippen molar-refractivity contribution in [3.63, 3.8) is 0 Å². The van der Waals surface area contributed by atoms with Gasteiger partial charge in [-0.15, -0.1) is 0 Å². The number of hydrogen-bond donors (Lipinski definition) is 1. The predicted molar refractivity (Wildman–Crippen MR) is 69.3 cm³/mol. The summed E-state index contributed by atoms with van der Waals surface area (Å²) in [7, 11) is 0. The minimum Gasteiger partial charge on any atom is -0.461 e. The second-order valence-electron chi connectivity index (χ2n) is 4.59. The number of benzene rings is 1. The van der Waals surface area contributed by atoms with Gasteiger partial charge in [-0.05, 0) is 43.5 Å². The van der Waals surface area contributed by atoms with Crippen molar-refractivity contribution in [1.82, 2.24) is 0 Å². The lowest BCUT2D eigenvalue weighted by atomic mass is 10.1. The Kier molecular flexibility index (Phi) is 4.18. The van der Waals surface area contributed by atoms with Gasteiger partial charge in [0.15, 0.2) is 0 Å². The van der Waals surface area contributed by atoms with Crippen LogP contribution in [0.4, 0.5) is 13.2 Å². The lowest BCUT2D eigenvalue weighted by Crippen LogP contribution is -2.03. The summed E-state index contributed by atoms with van der Waals surface area (Å²) in [4.78, 5) is 0. The van der Waals surface area contributed by atoms with E-state index >= 15 is 0 Å². The summed E-state index contributed by atoms with van der Waals surface area (Å²) in [5, 5.41) is 8.81. The zero-order valence-corrected chi connectivity index (χ0v) is 11.0. The molecule has 0 radical (unpaired) electrons. The summed E-state index contributed by atoms with van der Waals surface area (Å²) in [6.45, 7) is 1.90. The lowest BCUT2D eigenvalue weighted by Gasteiger charge is -2.06. The van der Waals surface area contributed by atoms with Gasteiger partial charge >= 0.3 is 6.18 Å². The van der Waals surface area contributed by atoms with Crippen LogP contribution in [0.25, 0.3) is 11.3 Å². The topological polar surface area (TPSA) is 33.4 Å². The second-order valence-corrected chi connectivity index (χ2v) is 4.59. The van der Waals surface area contributed by atoms with E-state index in [-0.39, 0.29) is 6.61 Å². The zero-order valence-electron chi connectivity index (χ0n) is 11.0. The van der Waals surface area contributed by atoms with Crippen LogP contribution >= 0.6 is 0 Å². The standard InChI is InChI=1S/C15H15F3O2/c1-10-12(3-2-8-19)9-14(20-10)11-4-6-13(7-5-11)15(16,17)18/h4-7,9,19H,2-3,8H2,1H3. The van der Waals surface area contributed by atoms with Gasteiger partial charge in [0.1, 0.15) is 11.5 Å². The number of furan rings is 1. The Morgan fingerprint density at radius 2 is 1.80 bits per heavy atom. The number of aliphatic hydroxyl groups excluding tert-OH is 1. The molecule has 0 amide bonds. The fourth-order valence-electron chi connectivity index (χ4n) is 2.00. The molecule has 0 bridgehead atoms. The minimum absolute atomic E-state index is 0.0975. The molecule has 2 rings (SSSR count). The number of hydrogen-bond acceptors (Lipinski definition) is 2. The van der Waals surface area contributed by atoms with Crippen molar-refractivity contribution in [2.75, 3.05) is 6.61 Å². The van der Waals surface area contributed by atoms with Gasteiger partial charge in [0.2, 0.25) is 0 Å². The van der Waals surface area contributed by atoms with E-state index in [1.807, 2.05) is 6.07 Å². The van der Waals surface area contributed by atoms with Crippen LogP contribution < -0.4 is 0 Å². The second kappa shape index (κ2) is 5.71. The first kappa shape index (κ1) is 14.7. The maximum absolute atomic E-state index is 12.5. The van der Waals surface area contributed by atoms with Crippen LogP contribution in [0.1, 0.15) is 23.3 Å². The van der Waals surface area contributed by atoms with Gasteiger partial charge in [0, 0.05) is 12.2 Å². The van der Waals surface area contributed by atoms with Crippen molar-refractivity contribution >= 4 is 0 Å². The van der Waals surface area contributed by atoms with E-state index in [9.17, 15) is 13.2 Å². The summed E-state index contributed by atoms with van der Waals surface area (Å²) in [5.41, 5.74) is 0.898. The monoisotopic (exact) mass is 284 g/mol. The van der Waals surface area contributed by atoms with E-state index in [2.05, 4.69) is 0 Å². The Morgan fingerprint density at radius 1 is 1.15 bits per heavy atom. The molecular weight excluding hydrogens is 269 g/mol. The average Bonchev–Trinajstić information content (AvgIpc) is 2.77. The van der Waals surface area contributed by atoms with Crippen molar-refractivity contribution in [2.45, 2.75) is 25.9 Å². The SMILES string of the molecule is Cc1oc(-c2ccc(C(F)(F)F)cc2)cc1CCCO. The molecule has 0 fully saturated rings. The van der Waals surface area contributed by atoms with Crippen LogP contribution in [0.15, 0.2) is 34.7 Å². The molecular formula is C15H15F3O2. The molecule has 0 spiro atoms. The molecule has 1 aromatic heterocycles. The summed E-state index contributed by atoms with van der Waals surface area (Å²) in [5.74, 6) is 1.28. The van der Waals surface area contributed by atoms with Crippen LogP contribution in [0.5, 0.6) is 0 Å². The van der Waals surface area contributed by atoms with Crippen LogP contribution in [0.3, 0.4) is 0 Å². The third kappa shape index (κ3) is 3.22. The number of rotatable bonds is 4. The molecule has 0 atom stereocenters. The number of halogens is 3. The Balaban J connectivity index is 2.24. The molecule has 1 aromatic carbocycles. The van der Waals surface area contributed by atoms with Crippen LogP contribution in [0, 0.1) is 6.92 Å². The predicted octanol–water partition coefficient (Wildman–Crippen LogP) is 4.20. The van der Waals surface area contributed by atoms with Crippen LogP contribution in [0.2, 0.25) is 0 Å². The Morgan fingerprint density at radius 3 is 2.35 bits per heavy atom. The molecule has 1 heterocycles. The van der Waals surface area contributed by atoms with Crippen LogP contribution in [-0.2, 0) is 12.6 Å². The summed E-state index contributed by atoms with van der Waals surface area (Å²) in [6, 6.07) is 6.70. The minimum atomic E-state index is -4.33. The highest BCUT2D eigenvalue weighted by molar-refractivity contribution is 5.59. The van der Waals surface area contributed by atoms with Crippen molar-refractivity contribution in [3.05, 3.63) is 47.2 Å². The fraction of sp³-hybridized carbons (Fsp3) is 0.333. The van der Waals surface area contributed by atoms with Gasteiger partial charge in [-0.2, -0.15) is 13.2 Å². The maximum Gasteiger partial charge on any atom is 0.416 e. The molecule has 0 saturated heterocycles. The Hall–Kier alpha value is -1.75. The first-order valence-electron chi connectivity index (χ1n) is 6.29. The first-order chi connectivity index (χ1) is 9.41. The van der Waals surface area contributed by atoms with E-state index < -0.39 is 11.7 Å². The Bertz CT molecular complexity index is 568. The normalized spacial score (nSPS) is 11.8. The molecule has 20 heavy (non-hydrogen) atoms. The van der Waals surface area contributed by atoms with Gasteiger partial charge < -0.3 is 9.52 Å². The highest BCUT2D eigenvalue weighted by atomic mass is 19.4. The summed E-state index contributed by atoms with van der Waals surface area (Å²) >= 11 is 0. The number of aliphatic hydroxyl groups is 1. The number of alkyl halides is 3. The third-order valence-electron chi connectivity index (χ3n) is 3.12. The largest absolute Gasteiger partial charge is 0.461 e. The highest BCUT2D eigenvalue weighted by Crippen LogP contribution is 2.32. The highest BCUT2D eigenvalue weighted by Gasteiger charge is 2.30. The van der Waals surface area contributed by atoms with E-state index in [0.29, 0.717) is 24.2 Å². The molecule has 2 nitrogen and oxygen atoms in total. The van der Waals surface area contributed by atoms with Crippen molar-refractivity contribution in [3.8, 4) is 11.3 Å². The smallest absolute Gasteiger partial charge is 0.416 e. The van der Waals surface area contributed by atoms with Crippen molar-refractivity contribution in [2.24, 2.45) is 0 Å². The molecule has 5 heteroatoms. The summed E-state index contributed by atoms with van der Waals surface area (Å²) < 4.78 is 43.0. The molecule has 2 aromatic rings. The molecule has 0 aliphatic carbocycles. The quantitative estimate of drug-likeness (QED) is 0.912. The van der Waals surface area contributed by atoms with Gasteiger partial charge in [0.05, 0.1) is 5.56 Å². The van der Waals surface area contributed by atoms with Crippen molar-refractivity contribution < 1.29 is 22.7 Å². The van der Waals surface area contributed by atoms with Crippen LogP contribution in [-0.4, -0.2) is 11.7 Å². The first-order valence-corrected chi connectivity index (χ1v) is 6.29. The average molecular weight is 284 g/mol. The fourth-order valence-corrected chi connectivity index (χ4v) is 2.00. The maximum atomic E-state index is 12.5. The van der Waals surface area contributed by atoms with Gasteiger partial charge in [-0.25, -0.2) is 0 Å². The molecule has 1 N–H and O–H groups in total. The summed E-state index contributed by atoms with van der Waals surface area (Å²) in [6.07, 6.45) is -3.01. The van der Waals surface area contributed by atoms with E-state index in [1.165, 1.54) is 12.1 Å². The molecule has 0 aliphatic rings. The molecule has 0 aliphatic heterocycles. The molecule has 0 saturated carbocycles.